The average molecular weight is 515 g/mol. The fraction of sp³-hybridized carbons (Fsp3) is 0.636. The lowest BCUT2D eigenvalue weighted by molar-refractivity contribution is 0.554. The van der Waals surface area contributed by atoms with Crippen LogP contribution in [0.1, 0.15) is 155 Å². The zero-order valence-corrected chi connectivity index (χ0v) is 27.0. The zero-order chi connectivity index (χ0) is 27.3. The summed E-state index contributed by atoms with van der Waals surface area (Å²) in [5, 5.41) is 2.78. The van der Waals surface area contributed by atoms with E-state index in [1.54, 1.807) is 0 Å². The van der Waals surface area contributed by atoms with Gasteiger partial charge in [0.1, 0.15) is 0 Å². The van der Waals surface area contributed by atoms with Crippen molar-refractivity contribution in [2.75, 3.05) is 0 Å². The molecule has 0 spiro atoms. The number of hydrogen-bond donors (Lipinski definition) is 0. The molecule has 0 amide bonds. The molecule has 0 radical (unpaired) electrons. The molecule has 0 aliphatic rings. The number of halogens is 1. The van der Waals surface area contributed by atoms with Crippen LogP contribution in [0.2, 0.25) is 0 Å². The molecular formula is C33H52ClP. The van der Waals surface area contributed by atoms with E-state index in [1.807, 2.05) is 0 Å². The van der Waals surface area contributed by atoms with Gasteiger partial charge in [0.05, 0.1) is 7.27 Å². The molecule has 0 nitrogen and oxygen atoms in total. The monoisotopic (exact) mass is 514 g/mol. The van der Waals surface area contributed by atoms with Gasteiger partial charge in [0.25, 0.3) is 0 Å². The highest BCUT2D eigenvalue weighted by Gasteiger charge is 2.34. The van der Waals surface area contributed by atoms with Gasteiger partial charge in [-0.25, -0.2) is 0 Å². The molecule has 0 N–H and O–H groups in total. The second kappa shape index (κ2) is 10.5. The lowest BCUT2D eigenvalue weighted by Crippen LogP contribution is -2.34. The maximum absolute atomic E-state index is 7.82. The first kappa shape index (κ1) is 30.4. The lowest BCUT2D eigenvalue weighted by atomic mass is 9.75. The predicted molar refractivity (Wildman–Crippen MR) is 163 cm³/mol. The van der Waals surface area contributed by atoms with Crippen LogP contribution in [-0.4, -0.2) is 0 Å². The lowest BCUT2D eigenvalue weighted by Gasteiger charge is -2.36. The van der Waals surface area contributed by atoms with Crippen molar-refractivity contribution in [1.82, 2.24) is 0 Å². The average Bonchev–Trinajstić information content (AvgIpc) is 2.68. The van der Waals surface area contributed by atoms with Crippen LogP contribution in [-0.2, 0) is 16.2 Å². The Morgan fingerprint density at radius 2 is 0.914 bits per heavy atom. The van der Waals surface area contributed by atoms with Crippen molar-refractivity contribution in [1.29, 1.82) is 0 Å². The van der Waals surface area contributed by atoms with Gasteiger partial charge >= 0.3 is 0 Å². The summed E-state index contributed by atoms with van der Waals surface area (Å²) in [6, 6.07) is 9.83. The van der Waals surface area contributed by atoms with Gasteiger partial charge < -0.3 is 0 Å². The summed E-state index contributed by atoms with van der Waals surface area (Å²) in [5.41, 5.74) is 8.59. The van der Waals surface area contributed by atoms with Gasteiger partial charge in [-0.05, 0) is 67.4 Å². The first-order valence-electron chi connectivity index (χ1n) is 13.5. The Kier molecular flexibility index (Phi) is 9.11. The zero-order valence-electron chi connectivity index (χ0n) is 25.4. The van der Waals surface area contributed by atoms with E-state index in [-0.39, 0.29) is 16.2 Å². The molecule has 1 atom stereocenters. The van der Waals surface area contributed by atoms with Crippen molar-refractivity contribution in [2.24, 2.45) is 0 Å². The van der Waals surface area contributed by atoms with Crippen molar-refractivity contribution >= 4 is 29.1 Å². The smallest absolute Gasteiger partial charge is 0.0536 e. The first-order chi connectivity index (χ1) is 15.7. The van der Waals surface area contributed by atoms with E-state index in [1.165, 1.54) is 44.0 Å². The van der Waals surface area contributed by atoms with E-state index in [0.717, 1.165) is 0 Å². The van der Waals surface area contributed by atoms with Crippen LogP contribution in [0.5, 0.6) is 0 Å². The van der Waals surface area contributed by atoms with E-state index < -0.39 is 7.27 Å². The molecule has 1 unspecified atom stereocenters. The maximum Gasteiger partial charge on any atom is 0.0536 e. The number of benzene rings is 2. The normalized spacial score (nSPS) is 14.4. The van der Waals surface area contributed by atoms with Crippen LogP contribution >= 0.6 is 18.5 Å². The minimum absolute atomic E-state index is 0.0000713. The summed E-state index contributed by atoms with van der Waals surface area (Å²) >= 11 is 7.82. The topological polar surface area (TPSA) is 0 Å². The Morgan fingerprint density at radius 1 is 0.543 bits per heavy atom. The van der Waals surface area contributed by atoms with Crippen LogP contribution in [0.4, 0.5) is 0 Å². The van der Waals surface area contributed by atoms with Crippen molar-refractivity contribution in [3.05, 3.63) is 57.6 Å². The SMILES string of the molecule is CC(C)c1cc(C(C)C)c(P(Cl)c2c(C(C)(C)C)cc(C(C)(C)C)cc2C(C)(C)C)c(C(C)C)c1. The van der Waals surface area contributed by atoms with Crippen LogP contribution in [0.25, 0.3) is 0 Å². The summed E-state index contributed by atoms with van der Waals surface area (Å²) in [5.74, 6) is 1.35. The van der Waals surface area contributed by atoms with Crippen molar-refractivity contribution < 1.29 is 0 Å². The fourth-order valence-corrected chi connectivity index (χ4v) is 8.36. The molecule has 0 aliphatic carbocycles. The van der Waals surface area contributed by atoms with Gasteiger partial charge in [-0.2, -0.15) is 0 Å². The van der Waals surface area contributed by atoms with Crippen LogP contribution in [0.15, 0.2) is 24.3 Å². The van der Waals surface area contributed by atoms with E-state index in [4.69, 9.17) is 11.2 Å². The minimum Gasteiger partial charge on any atom is -0.0858 e. The largest absolute Gasteiger partial charge is 0.0858 e. The maximum atomic E-state index is 7.82. The Labute approximate surface area is 224 Å². The highest BCUT2D eigenvalue weighted by molar-refractivity contribution is 7.96. The van der Waals surface area contributed by atoms with Gasteiger partial charge in [0.15, 0.2) is 0 Å². The molecule has 0 saturated heterocycles. The molecule has 2 aromatic rings. The molecule has 2 rings (SSSR count). The third-order valence-electron chi connectivity index (χ3n) is 7.09. The van der Waals surface area contributed by atoms with Gasteiger partial charge in [-0.3, -0.25) is 0 Å². The molecule has 0 heterocycles. The van der Waals surface area contributed by atoms with Gasteiger partial charge in [-0.1, -0.05) is 139 Å². The Balaban J connectivity index is 3.09. The summed E-state index contributed by atoms with van der Waals surface area (Å²) < 4.78 is 0. The van der Waals surface area contributed by atoms with Gasteiger partial charge in [-0.15, -0.1) is 0 Å². The molecule has 0 saturated carbocycles. The predicted octanol–water partition coefficient (Wildman–Crippen LogP) is 10.5. The number of hydrogen-bond acceptors (Lipinski definition) is 0. The van der Waals surface area contributed by atoms with Crippen molar-refractivity contribution in [3.8, 4) is 0 Å². The van der Waals surface area contributed by atoms with E-state index in [9.17, 15) is 0 Å². The van der Waals surface area contributed by atoms with Gasteiger partial charge in [0.2, 0.25) is 0 Å². The third-order valence-corrected chi connectivity index (χ3v) is 9.88. The number of rotatable bonds is 5. The van der Waals surface area contributed by atoms with Crippen LogP contribution in [0.3, 0.4) is 0 Å². The quantitative estimate of drug-likeness (QED) is 0.348. The summed E-state index contributed by atoms with van der Waals surface area (Å²) in [6.45, 7) is 34.9. The molecule has 35 heavy (non-hydrogen) atoms. The molecule has 0 aliphatic heterocycles. The minimum atomic E-state index is -1.06. The van der Waals surface area contributed by atoms with Gasteiger partial charge in [0, 0.05) is 10.6 Å². The Bertz CT molecular complexity index is 972. The third kappa shape index (κ3) is 6.73. The van der Waals surface area contributed by atoms with E-state index >= 15 is 0 Å². The molecular weight excluding hydrogens is 463 g/mol. The molecule has 0 aromatic heterocycles. The second-order valence-corrected chi connectivity index (χ2v) is 16.9. The molecule has 2 aromatic carbocycles. The highest BCUT2D eigenvalue weighted by atomic mass is 35.7. The van der Waals surface area contributed by atoms with Crippen molar-refractivity contribution in [2.45, 2.75) is 138 Å². The van der Waals surface area contributed by atoms with E-state index in [0.29, 0.717) is 17.8 Å². The molecule has 0 bridgehead atoms. The highest BCUT2D eigenvalue weighted by Crippen LogP contribution is 2.50. The summed E-state index contributed by atoms with van der Waals surface area (Å²) in [6.07, 6.45) is 0. The fourth-order valence-electron chi connectivity index (χ4n) is 4.68. The van der Waals surface area contributed by atoms with Crippen molar-refractivity contribution in [3.63, 3.8) is 0 Å². The first-order valence-corrected chi connectivity index (χ1v) is 15.8. The molecule has 0 fully saturated rings. The summed E-state index contributed by atoms with van der Waals surface area (Å²) in [4.78, 5) is 0. The molecule has 2 heteroatoms. The molecule has 196 valence electrons. The Morgan fingerprint density at radius 3 is 1.17 bits per heavy atom. The standard InChI is InChI=1S/C33H52ClP/c1-20(2)23-16-25(21(3)4)29(26(17-23)22(5)6)35(34)30-27(32(10,11)12)18-24(31(7,8)9)19-28(30)33(13,14)15/h16-22H,1-15H3. The van der Waals surface area contributed by atoms with E-state index in [2.05, 4.69) is 128 Å². The summed E-state index contributed by atoms with van der Waals surface area (Å²) in [7, 11) is -1.06. The second-order valence-electron chi connectivity index (χ2n) is 14.5. The Hall–Kier alpha value is -0.840. The van der Waals surface area contributed by atoms with Crippen LogP contribution in [0, 0.1) is 0 Å². The van der Waals surface area contributed by atoms with Crippen LogP contribution < -0.4 is 10.6 Å².